The van der Waals surface area contributed by atoms with Crippen molar-refractivity contribution in [3.8, 4) is 0 Å². The van der Waals surface area contributed by atoms with Crippen molar-refractivity contribution in [3.63, 3.8) is 0 Å². The molecule has 0 bridgehead atoms. The summed E-state index contributed by atoms with van der Waals surface area (Å²) in [4.78, 5) is 0. The fourth-order valence-electron chi connectivity index (χ4n) is 2.01. The summed E-state index contributed by atoms with van der Waals surface area (Å²) >= 11 is 11.8. The van der Waals surface area contributed by atoms with Gasteiger partial charge in [-0.3, -0.25) is 11.3 Å². The van der Waals surface area contributed by atoms with Crippen molar-refractivity contribution in [2.24, 2.45) is 5.84 Å². The van der Waals surface area contributed by atoms with Crippen LogP contribution in [0.3, 0.4) is 0 Å². The van der Waals surface area contributed by atoms with Crippen LogP contribution in [0.4, 0.5) is 10.1 Å². The molecule has 0 amide bonds. The van der Waals surface area contributed by atoms with Gasteiger partial charge in [-0.1, -0.05) is 29.3 Å². The summed E-state index contributed by atoms with van der Waals surface area (Å²) in [5.41, 5.74) is 10.5. The van der Waals surface area contributed by atoms with Crippen molar-refractivity contribution in [1.29, 1.82) is 0 Å². The Morgan fingerprint density at radius 1 is 1.10 bits per heavy atom. The average molecular weight is 314 g/mol. The van der Waals surface area contributed by atoms with Crippen LogP contribution in [0.15, 0.2) is 36.4 Å². The summed E-state index contributed by atoms with van der Waals surface area (Å²) in [5, 5.41) is 0.949. The third kappa shape index (κ3) is 3.41. The Kier molecular flexibility index (Phi) is 4.83. The first-order valence-corrected chi connectivity index (χ1v) is 6.72. The molecule has 5 N–H and O–H groups in total. The van der Waals surface area contributed by atoms with Crippen molar-refractivity contribution in [2.45, 2.75) is 12.5 Å². The molecule has 2 rings (SSSR count). The van der Waals surface area contributed by atoms with E-state index >= 15 is 0 Å². The molecule has 6 heteroatoms. The molecule has 0 aliphatic heterocycles. The van der Waals surface area contributed by atoms with Crippen molar-refractivity contribution < 1.29 is 4.39 Å². The largest absolute Gasteiger partial charge is 0.398 e. The van der Waals surface area contributed by atoms with E-state index in [9.17, 15) is 4.39 Å². The first-order valence-electron chi connectivity index (χ1n) is 5.96. The van der Waals surface area contributed by atoms with Gasteiger partial charge < -0.3 is 5.73 Å². The Morgan fingerprint density at radius 3 is 2.50 bits per heavy atom. The first kappa shape index (κ1) is 15.1. The van der Waals surface area contributed by atoms with Crippen molar-refractivity contribution in [1.82, 2.24) is 5.43 Å². The highest BCUT2D eigenvalue weighted by atomic mass is 35.5. The van der Waals surface area contributed by atoms with Crippen LogP contribution in [0.25, 0.3) is 0 Å². The predicted molar refractivity (Wildman–Crippen MR) is 81.0 cm³/mol. The van der Waals surface area contributed by atoms with E-state index in [1.54, 1.807) is 12.1 Å². The van der Waals surface area contributed by atoms with Crippen LogP contribution < -0.4 is 17.0 Å². The zero-order valence-electron chi connectivity index (χ0n) is 10.5. The third-order valence-electron chi connectivity index (χ3n) is 3.05. The second-order valence-electron chi connectivity index (χ2n) is 4.45. The SMILES string of the molecule is NNC(Cc1ccc(Cl)c(Cl)c1)c1cc(F)ccc1N. The van der Waals surface area contributed by atoms with Gasteiger partial charge in [0.05, 0.1) is 16.1 Å². The molecule has 0 aromatic heterocycles. The number of nitrogens with two attached hydrogens (primary N) is 2. The molecule has 0 aliphatic rings. The molecule has 0 fully saturated rings. The Morgan fingerprint density at radius 2 is 1.85 bits per heavy atom. The van der Waals surface area contributed by atoms with Crippen LogP contribution in [0.5, 0.6) is 0 Å². The van der Waals surface area contributed by atoms with E-state index < -0.39 is 0 Å². The Bertz CT molecular complexity index is 619. The lowest BCUT2D eigenvalue weighted by Gasteiger charge is -2.18. The highest BCUT2D eigenvalue weighted by Gasteiger charge is 2.15. The summed E-state index contributed by atoms with van der Waals surface area (Å²) < 4.78 is 13.3. The van der Waals surface area contributed by atoms with Crippen molar-refractivity contribution in [3.05, 3.63) is 63.4 Å². The minimum atomic E-state index is -0.358. The molecule has 1 unspecified atom stereocenters. The number of hydrazine groups is 1. The van der Waals surface area contributed by atoms with E-state index in [2.05, 4.69) is 5.43 Å². The van der Waals surface area contributed by atoms with Gasteiger partial charge in [-0.25, -0.2) is 4.39 Å². The summed E-state index contributed by atoms with van der Waals surface area (Å²) in [6, 6.07) is 9.19. The van der Waals surface area contributed by atoms with Crippen LogP contribution in [-0.2, 0) is 6.42 Å². The number of anilines is 1. The highest BCUT2D eigenvalue weighted by molar-refractivity contribution is 6.42. The van der Waals surface area contributed by atoms with Gasteiger partial charge in [-0.05, 0) is 47.9 Å². The maximum absolute atomic E-state index is 13.3. The number of nitrogen functional groups attached to an aromatic ring is 1. The van der Waals surface area contributed by atoms with E-state index in [1.807, 2.05) is 6.07 Å². The lowest BCUT2D eigenvalue weighted by atomic mass is 9.98. The number of hydrogen-bond acceptors (Lipinski definition) is 3. The molecular formula is C14H14Cl2FN3. The van der Waals surface area contributed by atoms with E-state index in [4.69, 9.17) is 34.8 Å². The van der Waals surface area contributed by atoms with Crippen molar-refractivity contribution in [2.75, 3.05) is 5.73 Å². The normalized spacial score (nSPS) is 12.4. The van der Waals surface area contributed by atoms with Crippen LogP contribution >= 0.6 is 23.2 Å². The molecule has 20 heavy (non-hydrogen) atoms. The Balaban J connectivity index is 2.28. The van der Waals surface area contributed by atoms with Gasteiger partial charge >= 0.3 is 0 Å². The number of rotatable bonds is 4. The van der Waals surface area contributed by atoms with Gasteiger partial charge in [-0.2, -0.15) is 0 Å². The predicted octanol–water partition coefficient (Wildman–Crippen LogP) is 3.46. The van der Waals surface area contributed by atoms with Gasteiger partial charge in [-0.15, -0.1) is 0 Å². The lowest BCUT2D eigenvalue weighted by molar-refractivity contribution is 0.546. The molecule has 0 heterocycles. The zero-order chi connectivity index (χ0) is 14.7. The number of benzene rings is 2. The monoisotopic (exact) mass is 313 g/mol. The lowest BCUT2D eigenvalue weighted by Crippen LogP contribution is -2.30. The van der Waals surface area contributed by atoms with Gasteiger partial charge in [0, 0.05) is 5.69 Å². The maximum atomic E-state index is 13.3. The summed E-state index contributed by atoms with van der Waals surface area (Å²) in [5.74, 6) is 5.19. The molecule has 0 aliphatic carbocycles. The van der Waals surface area contributed by atoms with E-state index in [-0.39, 0.29) is 11.9 Å². The van der Waals surface area contributed by atoms with Gasteiger partial charge in [0.15, 0.2) is 0 Å². The number of nitrogens with one attached hydrogen (secondary N) is 1. The second-order valence-corrected chi connectivity index (χ2v) is 5.26. The number of halogens is 3. The molecule has 0 saturated heterocycles. The van der Waals surface area contributed by atoms with Gasteiger partial charge in [0.25, 0.3) is 0 Å². The standard InChI is InChI=1S/C14H14Cl2FN3/c15-11-3-1-8(5-12(11)16)6-14(20-19)10-7-9(17)2-4-13(10)18/h1-5,7,14,20H,6,18-19H2. The maximum Gasteiger partial charge on any atom is 0.123 e. The minimum absolute atomic E-state index is 0.317. The molecule has 2 aromatic rings. The molecule has 106 valence electrons. The first-order chi connectivity index (χ1) is 9.51. The van der Waals surface area contributed by atoms with E-state index in [0.29, 0.717) is 27.7 Å². The molecular weight excluding hydrogens is 300 g/mol. The second kappa shape index (κ2) is 6.41. The smallest absolute Gasteiger partial charge is 0.123 e. The van der Waals surface area contributed by atoms with Crippen LogP contribution in [0, 0.1) is 5.82 Å². The number of hydrogen-bond donors (Lipinski definition) is 3. The molecule has 1 atom stereocenters. The molecule has 0 saturated carbocycles. The van der Waals surface area contributed by atoms with Crippen LogP contribution in [0.2, 0.25) is 10.0 Å². The highest BCUT2D eigenvalue weighted by Crippen LogP contribution is 2.27. The van der Waals surface area contributed by atoms with Crippen LogP contribution in [0.1, 0.15) is 17.2 Å². The summed E-state index contributed by atoms with van der Waals surface area (Å²) in [6.45, 7) is 0. The topological polar surface area (TPSA) is 64.1 Å². The fourth-order valence-corrected chi connectivity index (χ4v) is 2.33. The van der Waals surface area contributed by atoms with E-state index in [1.165, 1.54) is 18.2 Å². The Hall–Kier alpha value is -1.33. The Labute approximate surface area is 126 Å². The quantitative estimate of drug-likeness (QED) is 0.460. The fraction of sp³-hybridized carbons (Fsp3) is 0.143. The minimum Gasteiger partial charge on any atom is -0.398 e. The van der Waals surface area contributed by atoms with Gasteiger partial charge in [0.1, 0.15) is 5.82 Å². The third-order valence-corrected chi connectivity index (χ3v) is 3.79. The molecule has 2 aromatic carbocycles. The van der Waals surface area contributed by atoms with Gasteiger partial charge in [0.2, 0.25) is 0 Å². The van der Waals surface area contributed by atoms with E-state index in [0.717, 1.165) is 5.56 Å². The summed E-state index contributed by atoms with van der Waals surface area (Å²) in [7, 11) is 0. The average Bonchev–Trinajstić information content (AvgIpc) is 2.43. The van der Waals surface area contributed by atoms with Crippen molar-refractivity contribution >= 4 is 28.9 Å². The van der Waals surface area contributed by atoms with Crippen LogP contribution in [-0.4, -0.2) is 0 Å². The molecule has 3 nitrogen and oxygen atoms in total. The summed E-state index contributed by atoms with van der Waals surface area (Å²) in [6.07, 6.45) is 0.515. The molecule has 0 radical (unpaired) electrons. The molecule has 0 spiro atoms. The zero-order valence-corrected chi connectivity index (χ0v) is 12.0.